The molecular formula is C22H31NO3. The highest BCUT2D eigenvalue weighted by Crippen LogP contribution is 2.66. The van der Waals surface area contributed by atoms with Crippen LogP contribution in [0.4, 0.5) is 0 Å². The molecule has 2 aliphatic heterocycles. The summed E-state index contributed by atoms with van der Waals surface area (Å²) in [4.78, 5) is 2.48. The predicted octanol–water partition coefficient (Wildman–Crippen LogP) is 2.92. The summed E-state index contributed by atoms with van der Waals surface area (Å²) in [6.07, 6.45) is 12.4. The molecular weight excluding hydrogens is 326 g/mol. The minimum atomic E-state index is -0.888. The maximum absolute atomic E-state index is 11.5. The number of hydrogen-bond donors (Lipinski definition) is 2. The monoisotopic (exact) mass is 357 g/mol. The number of aliphatic hydroxyl groups excluding tert-OH is 1. The van der Waals surface area contributed by atoms with E-state index < -0.39 is 11.7 Å². The van der Waals surface area contributed by atoms with E-state index >= 15 is 0 Å². The Morgan fingerprint density at radius 2 is 2.15 bits per heavy atom. The molecule has 2 N–H and O–H groups in total. The van der Waals surface area contributed by atoms with E-state index in [1.807, 2.05) is 6.08 Å². The van der Waals surface area contributed by atoms with Gasteiger partial charge in [0, 0.05) is 29.4 Å². The third kappa shape index (κ3) is 2.01. The Morgan fingerprint density at radius 3 is 2.96 bits per heavy atom. The van der Waals surface area contributed by atoms with Crippen LogP contribution in [0.5, 0.6) is 0 Å². The Hall–Kier alpha value is -1.10. The van der Waals surface area contributed by atoms with Crippen LogP contribution in [0.15, 0.2) is 35.1 Å². The summed E-state index contributed by atoms with van der Waals surface area (Å²) < 4.78 is 6.49. The molecule has 0 aromatic rings. The van der Waals surface area contributed by atoms with E-state index in [2.05, 4.69) is 31.0 Å². The molecule has 4 nitrogen and oxygen atoms in total. The van der Waals surface area contributed by atoms with E-state index in [-0.39, 0.29) is 11.5 Å². The van der Waals surface area contributed by atoms with E-state index in [1.165, 1.54) is 11.1 Å². The van der Waals surface area contributed by atoms with Gasteiger partial charge in [0.2, 0.25) is 0 Å². The quantitative estimate of drug-likeness (QED) is 0.600. The summed E-state index contributed by atoms with van der Waals surface area (Å²) >= 11 is 0. The van der Waals surface area contributed by atoms with E-state index in [4.69, 9.17) is 4.74 Å². The Labute approximate surface area is 156 Å². The van der Waals surface area contributed by atoms with E-state index in [1.54, 1.807) is 0 Å². The van der Waals surface area contributed by atoms with Crippen molar-refractivity contribution in [1.82, 2.24) is 4.90 Å². The van der Waals surface area contributed by atoms with Crippen molar-refractivity contribution in [1.29, 1.82) is 0 Å². The Balaban J connectivity index is 1.62. The normalized spacial score (nSPS) is 46.1. The third-order valence-corrected chi connectivity index (χ3v) is 7.78. The van der Waals surface area contributed by atoms with Gasteiger partial charge in [-0.1, -0.05) is 44.4 Å². The second-order valence-corrected chi connectivity index (χ2v) is 9.11. The van der Waals surface area contributed by atoms with Crippen LogP contribution >= 0.6 is 0 Å². The topological polar surface area (TPSA) is 52.9 Å². The molecule has 0 radical (unpaired) electrons. The first-order valence-corrected chi connectivity index (χ1v) is 10.4. The zero-order chi connectivity index (χ0) is 18.1. The van der Waals surface area contributed by atoms with Crippen LogP contribution in [-0.4, -0.2) is 52.6 Å². The Bertz CT molecular complexity index is 710. The lowest BCUT2D eigenvalue weighted by molar-refractivity contribution is -0.103. The lowest BCUT2D eigenvalue weighted by atomic mass is 9.51. The molecule has 142 valence electrons. The standard InChI is InChI=1S/C22H31NO3/c1-3-4-5-9-21(25)10-8-14-13-16-15-6-7-17(24)19-22(15,11-12-23(16)2)18(14)20(21)26-19/h6-8,15-17,19,24-25H,3-5,9-13H2,1-2H3/t15-,16+,17-,19-,21?,22-/m0/s1. The highest BCUT2D eigenvalue weighted by molar-refractivity contribution is 5.55. The van der Waals surface area contributed by atoms with Gasteiger partial charge in [-0.05, 0) is 38.4 Å². The van der Waals surface area contributed by atoms with Gasteiger partial charge >= 0.3 is 0 Å². The van der Waals surface area contributed by atoms with Crippen molar-refractivity contribution in [2.45, 2.75) is 75.7 Å². The third-order valence-electron chi connectivity index (χ3n) is 7.78. The summed E-state index contributed by atoms with van der Waals surface area (Å²) in [6, 6.07) is 0.472. The molecule has 2 fully saturated rings. The maximum Gasteiger partial charge on any atom is 0.138 e. The van der Waals surface area contributed by atoms with Gasteiger partial charge in [-0.15, -0.1) is 0 Å². The molecule has 6 atom stereocenters. The zero-order valence-corrected chi connectivity index (χ0v) is 15.9. The number of unbranched alkanes of at least 4 members (excludes halogenated alkanes) is 2. The molecule has 0 amide bonds. The summed E-state index contributed by atoms with van der Waals surface area (Å²) in [5, 5.41) is 22.3. The highest BCUT2D eigenvalue weighted by Gasteiger charge is 2.67. The number of ether oxygens (including phenoxy) is 1. The number of piperidine rings is 1. The van der Waals surface area contributed by atoms with Crippen LogP contribution in [0.2, 0.25) is 0 Å². The van der Waals surface area contributed by atoms with E-state index in [0.717, 1.165) is 50.8 Å². The van der Waals surface area contributed by atoms with Gasteiger partial charge in [0.1, 0.15) is 23.6 Å². The molecule has 26 heavy (non-hydrogen) atoms. The molecule has 0 aromatic heterocycles. The van der Waals surface area contributed by atoms with Crippen molar-refractivity contribution in [2.24, 2.45) is 11.3 Å². The highest BCUT2D eigenvalue weighted by atomic mass is 16.5. The first-order valence-electron chi connectivity index (χ1n) is 10.4. The van der Waals surface area contributed by atoms with Gasteiger partial charge < -0.3 is 19.8 Å². The average Bonchev–Trinajstić information content (AvgIpc) is 2.98. The van der Waals surface area contributed by atoms with Crippen LogP contribution in [0, 0.1) is 11.3 Å². The molecule has 0 aromatic carbocycles. The average molecular weight is 357 g/mol. The smallest absolute Gasteiger partial charge is 0.138 e. The lowest BCUT2D eigenvalue weighted by Crippen LogP contribution is -2.62. The molecule has 1 spiro atoms. The minimum Gasteiger partial charge on any atom is -0.487 e. The number of hydrogen-bond acceptors (Lipinski definition) is 4. The van der Waals surface area contributed by atoms with Crippen molar-refractivity contribution in [3.05, 3.63) is 35.1 Å². The van der Waals surface area contributed by atoms with Gasteiger partial charge in [-0.25, -0.2) is 0 Å². The van der Waals surface area contributed by atoms with Gasteiger partial charge in [-0.2, -0.15) is 0 Å². The molecule has 4 heteroatoms. The maximum atomic E-state index is 11.5. The van der Waals surface area contributed by atoms with E-state index in [9.17, 15) is 10.2 Å². The van der Waals surface area contributed by atoms with Crippen LogP contribution < -0.4 is 0 Å². The summed E-state index contributed by atoms with van der Waals surface area (Å²) in [7, 11) is 2.22. The summed E-state index contributed by atoms with van der Waals surface area (Å²) in [5.41, 5.74) is 1.60. The van der Waals surface area contributed by atoms with Gasteiger partial charge in [-0.3, -0.25) is 0 Å². The largest absolute Gasteiger partial charge is 0.487 e. The molecule has 2 heterocycles. The number of nitrogens with zero attached hydrogens (tertiary/aromatic N) is 1. The van der Waals surface area contributed by atoms with Crippen LogP contribution in [0.25, 0.3) is 0 Å². The van der Waals surface area contributed by atoms with E-state index in [0.29, 0.717) is 18.4 Å². The van der Waals surface area contributed by atoms with Crippen LogP contribution in [0.3, 0.4) is 0 Å². The van der Waals surface area contributed by atoms with Gasteiger partial charge in [0.05, 0.1) is 0 Å². The summed E-state index contributed by atoms with van der Waals surface area (Å²) in [5.74, 6) is 1.18. The second-order valence-electron chi connectivity index (χ2n) is 9.11. The molecule has 2 bridgehead atoms. The number of rotatable bonds is 4. The fraction of sp³-hybridized carbons (Fsp3) is 0.727. The van der Waals surface area contributed by atoms with Crippen molar-refractivity contribution in [3.8, 4) is 0 Å². The van der Waals surface area contributed by atoms with Crippen LogP contribution in [-0.2, 0) is 4.74 Å². The Kier molecular flexibility index (Phi) is 3.73. The van der Waals surface area contributed by atoms with Crippen molar-refractivity contribution < 1.29 is 14.9 Å². The number of likely N-dealkylation sites (tertiary alicyclic amines) is 1. The van der Waals surface area contributed by atoms with Crippen molar-refractivity contribution in [2.75, 3.05) is 13.6 Å². The van der Waals surface area contributed by atoms with Gasteiger partial charge in [0.25, 0.3) is 0 Å². The molecule has 3 aliphatic carbocycles. The SMILES string of the molecule is CCCCCC1(O)CC=C2C[C@@H]3[C@@H]4C=C[C@H](O)[C@@H]5OC1=C2[C@]45CCN3C. The molecule has 1 unspecified atom stereocenters. The number of aliphatic hydroxyl groups is 2. The first-order chi connectivity index (χ1) is 12.5. The molecule has 1 saturated heterocycles. The zero-order valence-electron chi connectivity index (χ0n) is 15.9. The summed E-state index contributed by atoms with van der Waals surface area (Å²) in [6.45, 7) is 3.22. The van der Waals surface area contributed by atoms with Crippen LogP contribution in [0.1, 0.15) is 51.9 Å². The molecule has 5 rings (SSSR count). The fourth-order valence-electron chi connectivity index (χ4n) is 6.44. The van der Waals surface area contributed by atoms with Crippen molar-refractivity contribution >= 4 is 0 Å². The van der Waals surface area contributed by atoms with Crippen molar-refractivity contribution in [3.63, 3.8) is 0 Å². The Morgan fingerprint density at radius 1 is 1.31 bits per heavy atom. The molecule has 5 aliphatic rings. The minimum absolute atomic E-state index is 0.149. The van der Waals surface area contributed by atoms with Gasteiger partial charge in [0.15, 0.2) is 0 Å². The fourth-order valence-corrected chi connectivity index (χ4v) is 6.44. The molecule has 1 saturated carbocycles. The first kappa shape index (κ1) is 17.0. The lowest BCUT2D eigenvalue weighted by Gasteiger charge is -2.58. The predicted molar refractivity (Wildman–Crippen MR) is 100 cm³/mol. The second kappa shape index (κ2) is 5.70.